The van der Waals surface area contributed by atoms with Crippen molar-refractivity contribution in [3.63, 3.8) is 0 Å². The van der Waals surface area contributed by atoms with Gasteiger partial charge in [-0.1, -0.05) is 54.6 Å². The number of hydrogen-bond donors (Lipinski definition) is 1. The number of thioether (sulfide) groups is 1. The summed E-state index contributed by atoms with van der Waals surface area (Å²) in [6, 6.07) is 24.1. The van der Waals surface area contributed by atoms with Gasteiger partial charge in [0, 0.05) is 16.2 Å². The standard InChI is InChI=1S/C26H26O4S/c1-3-29-24-12-8-7-11-23(24)22(20-9-5-4-6-10-20)15-16-31-25-14-13-21(17-19(25)2)30-18-26(27)28/h4-15,17H,3,16,18H2,1-2H3,(H,27,28). The first-order chi connectivity index (χ1) is 15.1. The topological polar surface area (TPSA) is 55.8 Å². The number of para-hydroxylation sites is 1. The van der Waals surface area contributed by atoms with Crippen LogP contribution in [-0.4, -0.2) is 30.0 Å². The van der Waals surface area contributed by atoms with Gasteiger partial charge >= 0.3 is 5.97 Å². The van der Waals surface area contributed by atoms with Crippen LogP contribution in [-0.2, 0) is 4.79 Å². The fraction of sp³-hybridized carbons (Fsp3) is 0.192. The quantitative estimate of drug-likeness (QED) is 0.392. The summed E-state index contributed by atoms with van der Waals surface area (Å²) in [5.41, 5.74) is 4.41. The molecule has 1 N–H and O–H groups in total. The van der Waals surface area contributed by atoms with Crippen molar-refractivity contribution in [3.05, 3.63) is 95.6 Å². The number of benzene rings is 3. The second kappa shape index (κ2) is 11.3. The van der Waals surface area contributed by atoms with E-state index in [-0.39, 0.29) is 6.61 Å². The summed E-state index contributed by atoms with van der Waals surface area (Å²) < 4.78 is 11.1. The Labute approximate surface area is 187 Å². The Kier molecular flexibility index (Phi) is 8.19. The van der Waals surface area contributed by atoms with Crippen molar-refractivity contribution in [1.82, 2.24) is 0 Å². The van der Waals surface area contributed by atoms with Crippen LogP contribution in [0, 0.1) is 6.92 Å². The average molecular weight is 435 g/mol. The van der Waals surface area contributed by atoms with Gasteiger partial charge in [-0.15, -0.1) is 11.8 Å². The van der Waals surface area contributed by atoms with Crippen LogP contribution in [0.4, 0.5) is 0 Å². The van der Waals surface area contributed by atoms with E-state index in [9.17, 15) is 4.79 Å². The third kappa shape index (κ3) is 6.40. The summed E-state index contributed by atoms with van der Waals surface area (Å²) >= 11 is 1.73. The zero-order valence-corrected chi connectivity index (χ0v) is 18.5. The van der Waals surface area contributed by atoms with Gasteiger partial charge in [0.2, 0.25) is 0 Å². The molecule has 0 amide bonds. The van der Waals surface area contributed by atoms with Crippen LogP contribution < -0.4 is 9.47 Å². The highest BCUT2D eigenvalue weighted by Crippen LogP contribution is 2.33. The summed E-state index contributed by atoms with van der Waals surface area (Å²) in [5.74, 6) is 1.24. The largest absolute Gasteiger partial charge is 0.493 e. The lowest BCUT2D eigenvalue weighted by molar-refractivity contribution is -0.139. The van der Waals surface area contributed by atoms with E-state index in [0.29, 0.717) is 12.4 Å². The number of aryl methyl sites for hydroxylation is 1. The molecular formula is C26H26O4S. The predicted octanol–water partition coefficient (Wildman–Crippen LogP) is 6.08. The fourth-order valence-corrected chi connectivity index (χ4v) is 4.09. The molecule has 0 spiro atoms. The summed E-state index contributed by atoms with van der Waals surface area (Å²) in [6.45, 7) is 4.27. The fourth-order valence-electron chi connectivity index (χ4n) is 3.21. The number of carboxylic acid groups (broad SMARTS) is 1. The van der Waals surface area contributed by atoms with Crippen LogP contribution in [0.1, 0.15) is 23.6 Å². The van der Waals surface area contributed by atoms with Crippen LogP contribution in [0.25, 0.3) is 5.57 Å². The van der Waals surface area contributed by atoms with Crippen LogP contribution >= 0.6 is 11.8 Å². The molecule has 0 fully saturated rings. The molecule has 0 saturated heterocycles. The maximum absolute atomic E-state index is 10.7. The molecule has 0 unspecified atom stereocenters. The SMILES string of the molecule is CCOc1ccccc1C(=CCSc1ccc(OCC(=O)O)cc1C)c1ccccc1. The normalized spacial score (nSPS) is 11.2. The Morgan fingerprint density at radius 1 is 1.00 bits per heavy atom. The molecule has 4 nitrogen and oxygen atoms in total. The molecule has 3 aromatic carbocycles. The Hall–Kier alpha value is -3.18. The first-order valence-corrected chi connectivity index (χ1v) is 11.1. The smallest absolute Gasteiger partial charge is 0.341 e. The Balaban J connectivity index is 1.82. The van der Waals surface area contributed by atoms with Crippen molar-refractivity contribution in [1.29, 1.82) is 0 Å². The lowest BCUT2D eigenvalue weighted by Crippen LogP contribution is -2.09. The summed E-state index contributed by atoms with van der Waals surface area (Å²) in [7, 11) is 0. The first-order valence-electron chi connectivity index (χ1n) is 10.1. The molecule has 0 aromatic heterocycles. The van der Waals surface area contributed by atoms with Crippen molar-refractivity contribution >= 4 is 23.3 Å². The molecule has 0 bridgehead atoms. The lowest BCUT2D eigenvalue weighted by atomic mass is 9.97. The van der Waals surface area contributed by atoms with E-state index >= 15 is 0 Å². The van der Waals surface area contributed by atoms with E-state index in [2.05, 4.69) is 24.3 Å². The third-order valence-corrected chi connectivity index (χ3v) is 5.70. The number of aliphatic carboxylic acids is 1. The second-order valence-corrected chi connectivity index (χ2v) is 7.90. The van der Waals surface area contributed by atoms with Gasteiger partial charge in [-0.05, 0) is 54.8 Å². The Bertz CT molecular complexity index is 1040. The van der Waals surface area contributed by atoms with Crippen molar-refractivity contribution in [2.24, 2.45) is 0 Å². The minimum absolute atomic E-state index is 0.339. The average Bonchev–Trinajstić information content (AvgIpc) is 2.78. The van der Waals surface area contributed by atoms with Crippen molar-refractivity contribution in [2.45, 2.75) is 18.7 Å². The second-order valence-electron chi connectivity index (χ2n) is 6.83. The minimum Gasteiger partial charge on any atom is -0.493 e. The number of hydrogen-bond acceptors (Lipinski definition) is 4. The van der Waals surface area contributed by atoms with E-state index in [1.807, 2.05) is 68.4 Å². The highest BCUT2D eigenvalue weighted by Gasteiger charge is 2.11. The highest BCUT2D eigenvalue weighted by molar-refractivity contribution is 7.99. The molecule has 0 heterocycles. The molecule has 3 rings (SSSR count). The molecular weight excluding hydrogens is 408 g/mol. The molecule has 5 heteroatoms. The van der Waals surface area contributed by atoms with E-state index in [0.717, 1.165) is 38.7 Å². The van der Waals surface area contributed by atoms with E-state index in [1.165, 1.54) is 0 Å². The van der Waals surface area contributed by atoms with Crippen molar-refractivity contribution in [3.8, 4) is 11.5 Å². The van der Waals surface area contributed by atoms with Gasteiger partial charge in [-0.3, -0.25) is 0 Å². The maximum atomic E-state index is 10.7. The predicted molar refractivity (Wildman–Crippen MR) is 126 cm³/mol. The van der Waals surface area contributed by atoms with E-state index in [4.69, 9.17) is 14.6 Å². The summed E-state index contributed by atoms with van der Waals surface area (Å²) in [5, 5.41) is 8.76. The maximum Gasteiger partial charge on any atom is 0.341 e. The third-order valence-electron chi connectivity index (χ3n) is 4.60. The van der Waals surface area contributed by atoms with Gasteiger partial charge < -0.3 is 14.6 Å². The van der Waals surface area contributed by atoms with Crippen molar-refractivity contribution < 1.29 is 19.4 Å². The van der Waals surface area contributed by atoms with Gasteiger partial charge in [0.1, 0.15) is 11.5 Å². The molecule has 0 aliphatic carbocycles. The van der Waals surface area contributed by atoms with Crippen LogP contribution in [0.3, 0.4) is 0 Å². The van der Waals surface area contributed by atoms with E-state index < -0.39 is 5.97 Å². The van der Waals surface area contributed by atoms with Gasteiger partial charge in [0.25, 0.3) is 0 Å². The Morgan fingerprint density at radius 3 is 2.45 bits per heavy atom. The van der Waals surface area contributed by atoms with Crippen LogP contribution in [0.15, 0.2) is 83.8 Å². The lowest BCUT2D eigenvalue weighted by Gasteiger charge is -2.14. The molecule has 3 aromatic rings. The zero-order chi connectivity index (χ0) is 22.1. The Morgan fingerprint density at radius 2 is 1.74 bits per heavy atom. The monoisotopic (exact) mass is 434 g/mol. The van der Waals surface area contributed by atoms with E-state index in [1.54, 1.807) is 11.8 Å². The van der Waals surface area contributed by atoms with Gasteiger partial charge in [0.15, 0.2) is 6.61 Å². The number of carbonyl (C=O) groups is 1. The molecule has 0 aliphatic rings. The van der Waals surface area contributed by atoms with Gasteiger partial charge in [-0.2, -0.15) is 0 Å². The van der Waals surface area contributed by atoms with Crippen molar-refractivity contribution in [2.75, 3.05) is 19.0 Å². The van der Waals surface area contributed by atoms with Crippen LogP contribution in [0.2, 0.25) is 0 Å². The molecule has 0 saturated carbocycles. The van der Waals surface area contributed by atoms with Gasteiger partial charge in [0.05, 0.1) is 6.61 Å². The molecule has 0 radical (unpaired) electrons. The molecule has 160 valence electrons. The van der Waals surface area contributed by atoms with Crippen LogP contribution in [0.5, 0.6) is 11.5 Å². The minimum atomic E-state index is -0.984. The number of rotatable bonds is 10. The number of carboxylic acids is 1. The zero-order valence-electron chi connectivity index (χ0n) is 17.7. The summed E-state index contributed by atoms with van der Waals surface area (Å²) in [6.07, 6.45) is 2.23. The number of ether oxygens (including phenoxy) is 2. The summed E-state index contributed by atoms with van der Waals surface area (Å²) in [4.78, 5) is 11.8. The molecule has 31 heavy (non-hydrogen) atoms. The molecule has 0 atom stereocenters. The molecule has 0 aliphatic heterocycles. The highest BCUT2D eigenvalue weighted by atomic mass is 32.2. The van der Waals surface area contributed by atoms with Gasteiger partial charge in [-0.25, -0.2) is 4.79 Å². The first kappa shape index (κ1) is 22.5.